The molecule has 0 spiro atoms. The maximum Gasteiger partial charge on any atom is 0.281 e. The van der Waals surface area contributed by atoms with Gasteiger partial charge in [-0.1, -0.05) is 18.2 Å². The van der Waals surface area contributed by atoms with Crippen molar-refractivity contribution in [2.45, 2.75) is 13.8 Å². The summed E-state index contributed by atoms with van der Waals surface area (Å²) < 4.78 is 1.57. The van der Waals surface area contributed by atoms with Crippen LogP contribution in [0.4, 0.5) is 5.13 Å². The zero-order chi connectivity index (χ0) is 16.4. The molecule has 3 aromatic rings. The second-order valence-corrected chi connectivity index (χ2v) is 5.85. The van der Waals surface area contributed by atoms with Crippen molar-refractivity contribution in [1.29, 1.82) is 0 Å². The summed E-state index contributed by atoms with van der Waals surface area (Å²) in [7, 11) is 0. The molecule has 0 unspecified atom stereocenters. The number of carbonyl (C=O) groups is 1. The predicted molar refractivity (Wildman–Crippen MR) is 89.4 cm³/mol. The molecule has 6 nitrogen and oxygen atoms in total. The van der Waals surface area contributed by atoms with Crippen molar-refractivity contribution in [3.8, 4) is 5.69 Å². The predicted octanol–water partition coefficient (Wildman–Crippen LogP) is 2.56. The van der Waals surface area contributed by atoms with Gasteiger partial charge in [0.2, 0.25) is 5.43 Å². The third-order valence-corrected chi connectivity index (χ3v) is 4.04. The summed E-state index contributed by atoms with van der Waals surface area (Å²) in [6.07, 6.45) is 0. The highest BCUT2D eigenvalue weighted by molar-refractivity contribution is 7.13. The van der Waals surface area contributed by atoms with Crippen molar-refractivity contribution in [2.75, 3.05) is 5.32 Å². The molecule has 1 N–H and O–H groups in total. The minimum Gasteiger partial charge on any atom is -0.296 e. The molecule has 0 bridgehead atoms. The van der Waals surface area contributed by atoms with Gasteiger partial charge in [-0.2, -0.15) is 5.10 Å². The van der Waals surface area contributed by atoms with Gasteiger partial charge in [0.25, 0.3) is 5.91 Å². The fourth-order valence-electron chi connectivity index (χ4n) is 2.10. The lowest BCUT2D eigenvalue weighted by Crippen LogP contribution is -2.26. The van der Waals surface area contributed by atoms with Crippen LogP contribution < -0.4 is 10.7 Å². The van der Waals surface area contributed by atoms with Crippen LogP contribution in [0.1, 0.15) is 21.9 Å². The molecular formula is C16H14N4O2S. The van der Waals surface area contributed by atoms with Crippen LogP contribution in [0.2, 0.25) is 0 Å². The van der Waals surface area contributed by atoms with Crippen molar-refractivity contribution in [2.24, 2.45) is 0 Å². The van der Waals surface area contributed by atoms with Crippen LogP contribution in [0.3, 0.4) is 0 Å². The topological polar surface area (TPSA) is 76.9 Å². The Morgan fingerprint density at radius 1 is 1.22 bits per heavy atom. The molecule has 0 saturated heterocycles. The second-order valence-electron chi connectivity index (χ2n) is 4.99. The Bertz CT molecular complexity index is 915. The number of hydrogen-bond donors (Lipinski definition) is 1. The number of aromatic nitrogens is 3. The third kappa shape index (κ3) is 3.19. The molecule has 7 heteroatoms. The number of carbonyl (C=O) groups excluding carboxylic acids is 1. The average Bonchev–Trinajstić information content (AvgIpc) is 2.93. The lowest BCUT2D eigenvalue weighted by atomic mass is 10.2. The molecule has 1 aromatic carbocycles. The van der Waals surface area contributed by atoms with Gasteiger partial charge in [-0.05, 0) is 26.0 Å². The molecule has 116 valence electrons. The minimum atomic E-state index is -0.561. The van der Waals surface area contributed by atoms with Gasteiger partial charge < -0.3 is 0 Å². The molecule has 0 aliphatic rings. The summed E-state index contributed by atoms with van der Waals surface area (Å²) in [6, 6.07) is 10.7. The first-order valence-electron chi connectivity index (χ1n) is 6.94. The molecule has 0 fully saturated rings. The number of nitrogens with zero attached hydrogens (tertiary/aromatic N) is 3. The number of anilines is 1. The molecule has 0 radical (unpaired) electrons. The number of para-hydroxylation sites is 1. The van der Waals surface area contributed by atoms with Gasteiger partial charge >= 0.3 is 0 Å². The average molecular weight is 326 g/mol. The van der Waals surface area contributed by atoms with E-state index in [1.807, 2.05) is 42.6 Å². The largest absolute Gasteiger partial charge is 0.296 e. The Morgan fingerprint density at radius 2 is 1.96 bits per heavy atom. The van der Waals surface area contributed by atoms with Gasteiger partial charge in [0.15, 0.2) is 10.8 Å². The fourth-order valence-corrected chi connectivity index (χ4v) is 2.79. The van der Waals surface area contributed by atoms with E-state index < -0.39 is 11.3 Å². The lowest BCUT2D eigenvalue weighted by Gasteiger charge is -2.10. The summed E-state index contributed by atoms with van der Waals surface area (Å²) in [5.74, 6) is -0.561. The van der Waals surface area contributed by atoms with Crippen molar-refractivity contribution >= 4 is 22.4 Å². The van der Waals surface area contributed by atoms with Crippen molar-refractivity contribution in [3.05, 3.63) is 69.1 Å². The second kappa shape index (κ2) is 6.13. The Hall–Kier alpha value is -2.80. The quantitative estimate of drug-likeness (QED) is 0.802. The Labute approximate surface area is 136 Å². The van der Waals surface area contributed by atoms with Crippen LogP contribution in [-0.2, 0) is 0 Å². The fraction of sp³-hybridized carbons (Fsp3) is 0.125. The molecule has 0 aliphatic carbocycles. The van der Waals surface area contributed by atoms with E-state index in [-0.39, 0.29) is 5.69 Å². The van der Waals surface area contributed by atoms with E-state index in [1.165, 1.54) is 17.4 Å². The zero-order valence-corrected chi connectivity index (χ0v) is 13.4. The summed E-state index contributed by atoms with van der Waals surface area (Å²) >= 11 is 1.30. The van der Waals surface area contributed by atoms with Gasteiger partial charge in [0.05, 0.1) is 11.4 Å². The van der Waals surface area contributed by atoms with E-state index >= 15 is 0 Å². The van der Waals surface area contributed by atoms with Crippen LogP contribution in [0.15, 0.2) is 46.6 Å². The first-order valence-corrected chi connectivity index (χ1v) is 7.82. The van der Waals surface area contributed by atoms with E-state index in [1.54, 1.807) is 11.6 Å². The summed E-state index contributed by atoms with van der Waals surface area (Å²) in [5.41, 5.74) is 1.67. The Morgan fingerprint density at radius 3 is 2.61 bits per heavy atom. The van der Waals surface area contributed by atoms with E-state index in [9.17, 15) is 9.59 Å². The van der Waals surface area contributed by atoms with Gasteiger partial charge in [-0.3, -0.25) is 14.9 Å². The maximum atomic E-state index is 12.3. The van der Waals surface area contributed by atoms with E-state index in [4.69, 9.17) is 0 Å². The Balaban J connectivity index is 1.99. The molecular weight excluding hydrogens is 312 g/mol. The molecule has 23 heavy (non-hydrogen) atoms. The minimum absolute atomic E-state index is 0.160. The van der Waals surface area contributed by atoms with E-state index in [0.29, 0.717) is 10.8 Å². The molecule has 2 aromatic heterocycles. The molecule has 3 rings (SSSR count). The van der Waals surface area contributed by atoms with Crippen molar-refractivity contribution < 1.29 is 4.79 Å². The zero-order valence-electron chi connectivity index (χ0n) is 12.6. The van der Waals surface area contributed by atoms with Crippen molar-refractivity contribution in [1.82, 2.24) is 14.8 Å². The summed E-state index contributed by atoms with van der Waals surface area (Å²) in [5, 5.41) is 9.09. The molecule has 0 aliphatic heterocycles. The number of rotatable bonds is 3. The number of benzene rings is 1. The number of thiazole rings is 1. The Kier molecular flexibility index (Phi) is 4.03. The van der Waals surface area contributed by atoms with Crippen LogP contribution >= 0.6 is 11.3 Å². The van der Waals surface area contributed by atoms with Crippen molar-refractivity contribution in [3.63, 3.8) is 0 Å². The molecule has 0 atom stereocenters. The first kappa shape index (κ1) is 15.1. The van der Waals surface area contributed by atoms with Gasteiger partial charge in [0, 0.05) is 17.1 Å². The number of amides is 1. The molecule has 1 amide bonds. The van der Waals surface area contributed by atoms with E-state index in [0.717, 1.165) is 11.4 Å². The standard InChI is InChI=1S/C16H14N4O2S/c1-10-9-23-16(17-10)18-15(22)14-13(21)8-11(2)20(19-14)12-6-4-3-5-7-12/h3-9H,1-2H3,(H,17,18,22). The monoisotopic (exact) mass is 326 g/mol. The molecule has 2 heterocycles. The third-order valence-electron chi connectivity index (χ3n) is 3.16. The van der Waals surface area contributed by atoms with Crippen LogP contribution in [0, 0.1) is 13.8 Å². The number of aryl methyl sites for hydroxylation is 2. The number of hydrogen-bond acceptors (Lipinski definition) is 5. The van der Waals surface area contributed by atoms with Gasteiger partial charge in [0.1, 0.15) is 0 Å². The van der Waals surface area contributed by atoms with Crippen LogP contribution in [0.25, 0.3) is 5.69 Å². The van der Waals surface area contributed by atoms with E-state index in [2.05, 4.69) is 15.4 Å². The lowest BCUT2D eigenvalue weighted by molar-refractivity contribution is 0.101. The first-order chi connectivity index (χ1) is 11.0. The van der Waals surface area contributed by atoms with Gasteiger partial charge in [-0.25, -0.2) is 9.67 Å². The highest BCUT2D eigenvalue weighted by atomic mass is 32.1. The SMILES string of the molecule is Cc1csc(NC(=O)c2nn(-c3ccccc3)c(C)cc2=O)n1. The maximum absolute atomic E-state index is 12.3. The summed E-state index contributed by atoms with van der Waals surface area (Å²) in [6.45, 7) is 3.60. The summed E-state index contributed by atoms with van der Waals surface area (Å²) in [4.78, 5) is 28.6. The van der Waals surface area contributed by atoms with Crippen LogP contribution in [-0.4, -0.2) is 20.7 Å². The smallest absolute Gasteiger partial charge is 0.281 e. The molecule has 0 saturated carbocycles. The highest BCUT2D eigenvalue weighted by Gasteiger charge is 2.16. The number of nitrogens with one attached hydrogen (secondary N) is 1. The highest BCUT2D eigenvalue weighted by Crippen LogP contribution is 2.15. The normalized spacial score (nSPS) is 10.5. The van der Waals surface area contributed by atoms with Gasteiger partial charge in [-0.15, -0.1) is 11.3 Å². The van der Waals surface area contributed by atoms with Crippen LogP contribution in [0.5, 0.6) is 0 Å².